The van der Waals surface area contributed by atoms with Gasteiger partial charge < -0.3 is 5.32 Å². The van der Waals surface area contributed by atoms with Gasteiger partial charge in [-0.1, -0.05) is 59.8 Å². The van der Waals surface area contributed by atoms with Crippen LogP contribution in [0.1, 0.15) is 21.7 Å². The number of amides is 1. The molecule has 0 aliphatic rings. The third-order valence-corrected chi connectivity index (χ3v) is 5.62. The molecule has 0 unspecified atom stereocenters. The molecule has 1 aromatic heterocycles. The number of hydrogen-bond acceptors (Lipinski definition) is 5. The molecule has 4 aromatic rings. The number of anilines is 1. The van der Waals surface area contributed by atoms with Crippen molar-refractivity contribution in [1.82, 2.24) is 15.0 Å². The number of nitrogens with one attached hydrogen (secondary N) is 1. The lowest BCUT2D eigenvalue weighted by molar-refractivity contribution is 0.102. The van der Waals surface area contributed by atoms with Crippen LogP contribution in [-0.2, 0) is 15.8 Å². The molecule has 0 radical (unpaired) electrons. The lowest BCUT2D eigenvalue weighted by Gasteiger charge is -2.07. The number of hydrogen-bond donors (Lipinski definition) is 2. The van der Waals surface area contributed by atoms with E-state index in [1.807, 2.05) is 54.6 Å². The molecule has 1 heterocycles. The Hall–Kier alpha value is -3.82. The second-order valence-electron chi connectivity index (χ2n) is 7.31. The third kappa shape index (κ3) is 4.90. The molecular weight excluding hydrogens is 426 g/mol. The van der Waals surface area contributed by atoms with E-state index in [9.17, 15) is 13.2 Å². The van der Waals surface area contributed by atoms with E-state index in [4.69, 9.17) is 5.14 Å². The smallest absolute Gasteiger partial charge is 0.278 e. The van der Waals surface area contributed by atoms with Gasteiger partial charge in [-0.3, -0.25) is 4.79 Å². The van der Waals surface area contributed by atoms with Gasteiger partial charge in [0.15, 0.2) is 5.69 Å². The van der Waals surface area contributed by atoms with Gasteiger partial charge in [0.1, 0.15) is 0 Å². The zero-order chi connectivity index (χ0) is 22.7. The summed E-state index contributed by atoms with van der Waals surface area (Å²) in [6, 6.07) is 24.3. The number of carbonyl (C=O) groups excluding carboxylic acids is 1. The second kappa shape index (κ2) is 8.74. The summed E-state index contributed by atoms with van der Waals surface area (Å²) in [5.74, 6) is -0.757. The standard InChI is InChI=1S/C23H21N5O3S/c1-16-22(23(29)25-20-9-5-6-17(14-20)15-32(24,30)31)26-27-28(16)21-12-10-19(11-13-21)18-7-3-2-4-8-18/h2-14H,15H2,1H3,(H,25,29)(H2,24,30,31). The van der Waals surface area contributed by atoms with Crippen LogP contribution in [0.25, 0.3) is 16.8 Å². The van der Waals surface area contributed by atoms with Crippen LogP contribution in [-0.4, -0.2) is 29.3 Å². The maximum atomic E-state index is 12.7. The highest BCUT2D eigenvalue weighted by molar-refractivity contribution is 7.88. The summed E-state index contributed by atoms with van der Waals surface area (Å²) in [7, 11) is -3.67. The van der Waals surface area contributed by atoms with Crippen molar-refractivity contribution in [3.63, 3.8) is 0 Å². The van der Waals surface area contributed by atoms with E-state index in [1.54, 1.807) is 35.9 Å². The van der Waals surface area contributed by atoms with E-state index in [0.717, 1.165) is 16.8 Å². The van der Waals surface area contributed by atoms with Crippen LogP contribution in [0.5, 0.6) is 0 Å². The highest BCUT2D eigenvalue weighted by Crippen LogP contribution is 2.22. The maximum absolute atomic E-state index is 12.7. The lowest BCUT2D eigenvalue weighted by atomic mass is 10.1. The molecular formula is C23H21N5O3S. The summed E-state index contributed by atoms with van der Waals surface area (Å²) in [4.78, 5) is 12.7. The summed E-state index contributed by atoms with van der Waals surface area (Å²) < 4.78 is 24.2. The van der Waals surface area contributed by atoms with Crippen LogP contribution < -0.4 is 10.5 Å². The Kier molecular flexibility index (Phi) is 5.85. The topological polar surface area (TPSA) is 120 Å². The van der Waals surface area contributed by atoms with E-state index >= 15 is 0 Å². The van der Waals surface area contributed by atoms with E-state index in [1.165, 1.54) is 0 Å². The van der Waals surface area contributed by atoms with Gasteiger partial charge in [-0.05, 0) is 47.9 Å². The van der Waals surface area contributed by atoms with Crippen LogP contribution in [0.2, 0.25) is 0 Å². The van der Waals surface area contributed by atoms with Gasteiger partial charge in [0.05, 0.1) is 17.1 Å². The van der Waals surface area contributed by atoms with Crippen molar-refractivity contribution in [1.29, 1.82) is 0 Å². The predicted octanol–water partition coefficient (Wildman–Crippen LogP) is 3.28. The van der Waals surface area contributed by atoms with E-state index < -0.39 is 15.9 Å². The first-order chi connectivity index (χ1) is 15.3. The molecule has 9 heteroatoms. The molecule has 8 nitrogen and oxygen atoms in total. The zero-order valence-corrected chi connectivity index (χ0v) is 18.1. The fourth-order valence-corrected chi connectivity index (χ4v) is 4.02. The third-order valence-electron chi connectivity index (χ3n) is 4.88. The first-order valence-corrected chi connectivity index (χ1v) is 11.5. The highest BCUT2D eigenvalue weighted by Gasteiger charge is 2.18. The minimum Gasteiger partial charge on any atom is -0.321 e. The summed E-state index contributed by atoms with van der Waals surface area (Å²) in [5.41, 5.74) is 4.64. The molecule has 0 atom stereocenters. The minimum atomic E-state index is -3.67. The fraction of sp³-hybridized carbons (Fsp3) is 0.0870. The van der Waals surface area contributed by atoms with Crippen LogP contribution >= 0.6 is 0 Å². The Bertz CT molecular complexity index is 1360. The zero-order valence-electron chi connectivity index (χ0n) is 17.3. The Morgan fingerprint density at radius 3 is 2.34 bits per heavy atom. The molecule has 3 aromatic carbocycles. The molecule has 162 valence electrons. The predicted molar refractivity (Wildman–Crippen MR) is 123 cm³/mol. The van der Waals surface area contributed by atoms with Gasteiger partial charge in [-0.15, -0.1) is 5.10 Å². The molecule has 0 bridgehead atoms. The van der Waals surface area contributed by atoms with Crippen molar-refractivity contribution in [2.75, 3.05) is 5.32 Å². The SMILES string of the molecule is Cc1c(C(=O)Nc2cccc(CS(N)(=O)=O)c2)nnn1-c1ccc(-c2ccccc2)cc1. The first-order valence-electron chi connectivity index (χ1n) is 9.79. The Labute approximate surface area is 185 Å². The summed E-state index contributed by atoms with van der Waals surface area (Å²) >= 11 is 0. The van der Waals surface area contributed by atoms with Crippen molar-refractivity contribution in [2.45, 2.75) is 12.7 Å². The van der Waals surface area contributed by atoms with Crippen molar-refractivity contribution in [3.05, 3.63) is 95.8 Å². The molecule has 0 spiro atoms. The average molecular weight is 448 g/mol. The molecule has 4 rings (SSSR count). The van der Waals surface area contributed by atoms with Crippen molar-refractivity contribution in [3.8, 4) is 16.8 Å². The van der Waals surface area contributed by atoms with Gasteiger partial charge in [0.25, 0.3) is 5.91 Å². The lowest BCUT2D eigenvalue weighted by Crippen LogP contribution is -2.16. The van der Waals surface area contributed by atoms with Crippen molar-refractivity contribution < 1.29 is 13.2 Å². The van der Waals surface area contributed by atoms with Gasteiger partial charge >= 0.3 is 0 Å². The number of carbonyl (C=O) groups is 1. The normalized spacial score (nSPS) is 11.3. The Morgan fingerprint density at radius 1 is 0.969 bits per heavy atom. The van der Waals surface area contributed by atoms with E-state index in [0.29, 0.717) is 16.9 Å². The van der Waals surface area contributed by atoms with E-state index in [-0.39, 0.29) is 11.4 Å². The number of aromatic nitrogens is 3. The minimum absolute atomic E-state index is 0.175. The molecule has 0 saturated heterocycles. The van der Waals surface area contributed by atoms with Gasteiger partial charge in [0, 0.05) is 5.69 Å². The Balaban J connectivity index is 1.53. The van der Waals surface area contributed by atoms with Gasteiger partial charge in [0.2, 0.25) is 10.0 Å². The summed E-state index contributed by atoms with van der Waals surface area (Å²) in [6.07, 6.45) is 0. The number of primary sulfonamides is 1. The van der Waals surface area contributed by atoms with Gasteiger partial charge in [-0.25, -0.2) is 18.2 Å². The monoisotopic (exact) mass is 447 g/mol. The Morgan fingerprint density at radius 2 is 1.66 bits per heavy atom. The number of benzene rings is 3. The summed E-state index contributed by atoms with van der Waals surface area (Å²) in [6.45, 7) is 1.76. The molecule has 0 saturated carbocycles. The van der Waals surface area contributed by atoms with E-state index in [2.05, 4.69) is 15.6 Å². The maximum Gasteiger partial charge on any atom is 0.278 e. The average Bonchev–Trinajstić information content (AvgIpc) is 3.15. The number of rotatable bonds is 6. The van der Waals surface area contributed by atoms with Crippen LogP contribution in [0.15, 0.2) is 78.9 Å². The van der Waals surface area contributed by atoms with Gasteiger partial charge in [-0.2, -0.15) is 0 Å². The van der Waals surface area contributed by atoms with Crippen LogP contribution in [0.3, 0.4) is 0 Å². The second-order valence-corrected chi connectivity index (χ2v) is 8.92. The number of sulfonamides is 1. The van der Waals surface area contributed by atoms with Crippen LogP contribution in [0.4, 0.5) is 5.69 Å². The highest BCUT2D eigenvalue weighted by atomic mass is 32.2. The van der Waals surface area contributed by atoms with Crippen molar-refractivity contribution >= 4 is 21.6 Å². The fourth-order valence-electron chi connectivity index (χ4n) is 3.37. The molecule has 0 aliphatic carbocycles. The molecule has 0 fully saturated rings. The summed E-state index contributed by atoms with van der Waals surface area (Å²) in [5, 5.41) is 16.0. The first kappa shape index (κ1) is 21.4. The molecule has 1 amide bonds. The molecule has 32 heavy (non-hydrogen) atoms. The molecule has 3 N–H and O–H groups in total. The van der Waals surface area contributed by atoms with Crippen molar-refractivity contribution in [2.24, 2.45) is 5.14 Å². The largest absolute Gasteiger partial charge is 0.321 e. The number of nitrogens with two attached hydrogens (primary N) is 1. The number of nitrogens with zero attached hydrogens (tertiary/aromatic N) is 3. The molecule has 0 aliphatic heterocycles. The quantitative estimate of drug-likeness (QED) is 0.470. The van der Waals surface area contributed by atoms with Crippen LogP contribution in [0, 0.1) is 6.92 Å².